The fourth-order valence-corrected chi connectivity index (χ4v) is 1.19. The van der Waals surface area contributed by atoms with Crippen LogP contribution in [0.2, 0.25) is 0 Å². The molecule has 0 spiro atoms. The second-order valence-electron chi connectivity index (χ2n) is 2.97. The average Bonchev–Trinajstić information content (AvgIpc) is 2.21. The van der Waals surface area contributed by atoms with Gasteiger partial charge in [0.25, 0.3) is 0 Å². The highest BCUT2D eigenvalue weighted by atomic mass is 32.2. The summed E-state index contributed by atoms with van der Waals surface area (Å²) in [6.45, 7) is 0. The van der Waals surface area contributed by atoms with Gasteiger partial charge in [-0.25, -0.2) is 9.65 Å². The lowest BCUT2D eigenvalue weighted by Gasteiger charge is -2.38. The Morgan fingerprint density at radius 1 is 0.700 bits per heavy atom. The summed E-state index contributed by atoms with van der Waals surface area (Å²) in [6.07, 6.45) is -14.8. The quantitative estimate of drug-likeness (QED) is 0.350. The van der Waals surface area contributed by atoms with Gasteiger partial charge in [0, 0.05) is 0 Å². The van der Waals surface area contributed by atoms with E-state index in [0.717, 1.165) is 0 Å². The topological polar surface area (TPSA) is 38.7 Å². The molecule has 0 radical (unpaired) electrons. The summed E-state index contributed by atoms with van der Waals surface area (Å²) in [7, 11) is 0. The van der Waals surface area contributed by atoms with Crippen LogP contribution < -0.4 is 0 Å². The minimum absolute atomic E-state index is 2.15. The molecule has 15 heteroatoms. The van der Waals surface area contributed by atoms with Crippen LogP contribution in [0.5, 0.6) is 0 Å². The summed E-state index contributed by atoms with van der Waals surface area (Å²) in [6, 6.07) is 0. The molecule has 0 saturated carbocycles. The SMILES string of the molecule is OOOSC(F)(F)C(F)(F)C(F)(C(F)(F)F)C(F)(F)F. The van der Waals surface area contributed by atoms with E-state index >= 15 is 0 Å². The van der Waals surface area contributed by atoms with Gasteiger partial charge in [-0.2, -0.15) is 43.9 Å². The third-order valence-corrected chi connectivity index (χ3v) is 2.34. The maximum atomic E-state index is 12.9. The Morgan fingerprint density at radius 3 is 1.30 bits per heavy atom. The van der Waals surface area contributed by atoms with Gasteiger partial charge in [0.15, 0.2) is 0 Å². The highest BCUT2D eigenvalue weighted by Crippen LogP contribution is 2.61. The van der Waals surface area contributed by atoms with Crippen LogP contribution in [0.1, 0.15) is 0 Å². The van der Waals surface area contributed by atoms with Crippen LogP contribution in [0.3, 0.4) is 0 Å². The van der Waals surface area contributed by atoms with Crippen molar-refractivity contribution in [3.05, 3.63) is 0 Å². The van der Waals surface area contributed by atoms with Crippen LogP contribution in [0.4, 0.5) is 48.3 Å². The van der Waals surface area contributed by atoms with Gasteiger partial charge in [0.05, 0.1) is 0 Å². The highest BCUT2D eigenvalue weighted by molar-refractivity contribution is 7.95. The first-order valence-electron chi connectivity index (χ1n) is 3.80. The molecule has 0 saturated heterocycles. The molecule has 0 bridgehead atoms. The molecule has 0 amide bonds. The Hall–Kier alpha value is -0.540. The van der Waals surface area contributed by atoms with Crippen molar-refractivity contribution in [1.82, 2.24) is 0 Å². The van der Waals surface area contributed by atoms with Gasteiger partial charge in [-0.05, 0) is 0 Å². The van der Waals surface area contributed by atoms with Crippen LogP contribution in [0, 0.1) is 0 Å². The van der Waals surface area contributed by atoms with Crippen molar-refractivity contribution in [1.29, 1.82) is 0 Å². The molecule has 0 atom stereocenters. The number of halogens is 11. The molecule has 0 aromatic heterocycles. The highest BCUT2D eigenvalue weighted by Gasteiger charge is 2.90. The van der Waals surface area contributed by atoms with Crippen LogP contribution in [0.25, 0.3) is 0 Å². The van der Waals surface area contributed by atoms with Gasteiger partial charge in [-0.3, -0.25) is 0 Å². The fraction of sp³-hybridized carbons (Fsp3) is 1.00. The molecule has 0 fully saturated rings. The molecule has 0 aliphatic rings. The fourth-order valence-electron chi connectivity index (χ4n) is 0.828. The van der Waals surface area contributed by atoms with E-state index in [-0.39, 0.29) is 0 Å². The van der Waals surface area contributed by atoms with Gasteiger partial charge < -0.3 is 0 Å². The Labute approximate surface area is 105 Å². The zero-order valence-corrected chi connectivity index (χ0v) is 9.15. The minimum Gasteiger partial charge on any atom is -0.220 e. The van der Waals surface area contributed by atoms with Crippen molar-refractivity contribution in [2.75, 3.05) is 0 Å². The van der Waals surface area contributed by atoms with Crippen LogP contribution in [-0.2, 0) is 9.37 Å². The van der Waals surface area contributed by atoms with Gasteiger partial charge >= 0.3 is 29.2 Å². The largest absolute Gasteiger partial charge is 0.438 e. The Morgan fingerprint density at radius 2 is 1.05 bits per heavy atom. The summed E-state index contributed by atoms with van der Waals surface area (Å²) in [4.78, 5) is 0. The molecule has 0 rings (SSSR count). The average molecular weight is 350 g/mol. The summed E-state index contributed by atoms with van der Waals surface area (Å²) < 4.78 is 138. The van der Waals surface area contributed by atoms with Crippen LogP contribution >= 0.6 is 12.0 Å². The molecule has 1 N–H and O–H groups in total. The second-order valence-corrected chi connectivity index (χ2v) is 3.79. The third kappa shape index (κ3) is 2.89. The van der Waals surface area contributed by atoms with E-state index in [1.165, 1.54) is 0 Å². The van der Waals surface area contributed by atoms with Crippen LogP contribution in [0.15, 0.2) is 0 Å². The van der Waals surface area contributed by atoms with Gasteiger partial charge in [-0.15, -0.1) is 4.33 Å². The number of rotatable bonds is 5. The van der Waals surface area contributed by atoms with Crippen molar-refractivity contribution >= 4 is 12.0 Å². The molecule has 0 aliphatic heterocycles. The molecule has 0 aromatic rings. The summed E-state index contributed by atoms with van der Waals surface area (Å²) in [5.74, 6) is -7.33. The first-order chi connectivity index (χ1) is 8.56. The number of hydrogen-bond donors (Lipinski definition) is 1. The van der Waals surface area contributed by atoms with Crippen molar-refractivity contribution in [2.45, 2.75) is 29.2 Å². The number of hydrogen-bond acceptors (Lipinski definition) is 4. The summed E-state index contributed by atoms with van der Waals surface area (Å²) >= 11 is -2.15. The van der Waals surface area contributed by atoms with Gasteiger partial charge in [-0.1, -0.05) is 5.04 Å². The van der Waals surface area contributed by atoms with Crippen molar-refractivity contribution in [3.8, 4) is 0 Å². The van der Waals surface area contributed by atoms with Crippen molar-refractivity contribution in [2.24, 2.45) is 0 Å². The van der Waals surface area contributed by atoms with Gasteiger partial charge in [0.1, 0.15) is 12.0 Å². The standard InChI is InChI=1S/C5HF11O3S/c6-1(3(9,10)11,4(12,13)14)2(7,8)5(15,16)20-19-18-17/h17H. The predicted molar refractivity (Wildman–Crippen MR) is 38.2 cm³/mol. The first kappa shape index (κ1) is 19.5. The Bertz CT molecular complexity index is 322. The molecular formula is C5HF11O3S. The lowest BCUT2D eigenvalue weighted by atomic mass is 9.96. The lowest BCUT2D eigenvalue weighted by molar-refractivity contribution is -0.438. The van der Waals surface area contributed by atoms with Gasteiger partial charge in [0.2, 0.25) is 0 Å². The molecule has 20 heavy (non-hydrogen) atoms. The van der Waals surface area contributed by atoms with E-state index < -0.39 is 41.2 Å². The first-order valence-corrected chi connectivity index (χ1v) is 4.54. The minimum atomic E-state index is -7.57. The maximum absolute atomic E-state index is 12.9. The van der Waals surface area contributed by atoms with E-state index in [2.05, 4.69) is 9.37 Å². The molecule has 0 aliphatic carbocycles. The normalized spacial score (nSPS) is 15.6. The summed E-state index contributed by atoms with van der Waals surface area (Å²) in [5, 5.41) is 3.29. The molecule has 0 aromatic carbocycles. The smallest absolute Gasteiger partial charge is 0.220 e. The zero-order valence-electron chi connectivity index (χ0n) is 8.33. The van der Waals surface area contributed by atoms with E-state index in [4.69, 9.17) is 5.26 Å². The van der Waals surface area contributed by atoms with E-state index in [1.54, 1.807) is 0 Å². The maximum Gasteiger partial charge on any atom is 0.438 e. The Kier molecular flexibility index (Phi) is 5.20. The monoisotopic (exact) mass is 350 g/mol. The lowest BCUT2D eigenvalue weighted by Crippen LogP contribution is -2.69. The molecular weight excluding hydrogens is 349 g/mol. The van der Waals surface area contributed by atoms with Crippen molar-refractivity contribution in [3.63, 3.8) is 0 Å². The van der Waals surface area contributed by atoms with E-state index in [9.17, 15) is 48.3 Å². The molecule has 0 unspecified atom stereocenters. The van der Waals surface area contributed by atoms with E-state index in [1.807, 2.05) is 0 Å². The van der Waals surface area contributed by atoms with E-state index in [0.29, 0.717) is 0 Å². The Balaban J connectivity index is 5.94. The molecule has 3 nitrogen and oxygen atoms in total. The van der Waals surface area contributed by atoms with Crippen molar-refractivity contribution < 1.29 is 62.9 Å². The molecule has 0 heterocycles. The molecule has 122 valence electrons. The predicted octanol–water partition coefficient (Wildman–Crippen LogP) is 4.12. The third-order valence-electron chi connectivity index (χ3n) is 1.75. The zero-order chi connectivity index (χ0) is 16.6. The van der Waals surface area contributed by atoms with Crippen LogP contribution in [-0.4, -0.2) is 34.5 Å². The summed E-state index contributed by atoms with van der Waals surface area (Å²) in [5.41, 5.74) is -7.57. The second kappa shape index (κ2) is 5.34. The number of alkyl halides is 11.